The molecule has 170 valence electrons. The Kier molecular flexibility index (Phi) is 6.48. The molecule has 3 nitrogen and oxygen atoms in total. The van der Waals surface area contributed by atoms with Crippen molar-refractivity contribution in [1.82, 2.24) is 5.32 Å². The minimum atomic E-state index is -0.0866. The predicted molar refractivity (Wildman–Crippen MR) is 139 cm³/mol. The van der Waals surface area contributed by atoms with Gasteiger partial charge in [-0.25, -0.2) is 0 Å². The van der Waals surface area contributed by atoms with E-state index < -0.39 is 0 Å². The first-order valence-corrected chi connectivity index (χ1v) is 12.8. The highest BCUT2D eigenvalue weighted by atomic mass is 32.1. The third-order valence-electron chi connectivity index (χ3n) is 7.17. The van der Waals surface area contributed by atoms with Crippen LogP contribution in [0.4, 0.5) is 5.69 Å². The number of nitrogens with one attached hydrogen (secondary N) is 2. The zero-order valence-electron chi connectivity index (χ0n) is 19.4. The Morgan fingerprint density at radius 2 is 1.73 bits per heavy atom. The molecule has 1 saturated carbocycles. The van der Waals surface area contributed by atoms with Crippen molar-refractivity contribution < 1.29 is 4.79 Å². The Labute approximate surface area is 200 Å². The van der Waals surface area contributed by atoms with Crippen molar-refractivity contribution in [1.29, 1.82) is 0 Å². The Morgan fingerprint density at radius 1 is 0.970 bits per heavy atom. The van der Waals surface area contributed by atoms with Crippen molar-refractivity contribution in [2.75, 3.05) is 5.32 Å². The summed E-state index contributed by atoms with van der Waals surface area (Å²) in [7, 11) is 0. The molecule has 4 heteroatoms. The maximum Gasteiger partial charge on any atom is 0.248 e. The van der Waals surface area contributed by atoms with Crippen molar-refractivity contribution >= 4 is 29.0 Å². The Balaban J connectivity index is 1.23. The second-order valence-corrected chi connectivity index (χ2v) is 11.0. The topological polar surface area (TPSA) is 41.1 Å². The summed E-state index contributed by atoms with van der Waals surface area (Å²) >= 11 is 1.89. The van der Waals surface area contributed by atoms with Crippen LogP contribution in [0.15, 0.2) is 60.7 Å². The first-order valence-electron chi connectivity index (χ1n) is 12.0. The number of benzene rings is 2. The standard InChI is InChI=1S/C29H32N2OS/c1-19-3-6-21(7-4-19)8-14-28(32)31-26-12-11-22-15-23-9-10-24(16-25(22)17-26)29(23)30-18-27-13-5-20(2)33-27/h3-8,11-14,17,23-24,29-30H,9-10,15-16,18H2,1-2H3,(H,31,32)/b14-8+/t23-,24+,29+/m0/s1. The van der Waals surface area contributed by atoms with E-state index in [0.717, 1.165) is 30.6 Å². The average Bonchev–Trinajstić information content (AvgIpc) is 3.34. The first kappa shape index (κ1) is 22.1. The summed E-state index contributed by atoms with van der Waals surface area (Å²) < 4.78 is 0. The number of rotatable bonds is 6. The van der Waals surface area contributed by atoms with E-state index in [-0.39, 0.29) is 5.91 Å². The highest BCUT2D eigenvalue weighted by molar-refractivity contribution is 7.11. The van der Waals surface area contributed by atoms with Gasteiger partial charge in [0.1, 0.15) is 0 Å². The second-order valence-electron chi connectivity index (χ2n) is 9.64. The SMILES string of the molecule is Cc1ccc(/C=C/C(=O)Nc2ccc3c(c2)C[C@H]2CC[C@@H](C3)[C@H]2NCc2ccc(C)s2)cc1. The summed E-state index contributed by atoms with van der Waals surface area (Å²) in [6.07, 6.45) is 8.31. The Morgan fingerprint density at radius 3 is 2.45 bits per heavy atom. The number of fused-ring (bicyclic) bond motifs is 3. The Hall–Kier alpha value is -2.69. The third-order valence-corrected chi connectivity index (χ3v) is 8.18. The van der Waals surface area contributed by atoms with Crippen LogP contribution in [0.2, 0.25) is 0 Å². The molecule has 2 aliphatic rings. The van der Waals surface area contributed by atoms with Gasteiger partial charge in [0.05, 0.1) is 0 Å². The van der Waals surface area contributed by atoms with E-state index in [1.54, 1.807) is 6.08 Å². The lowest BCUT2D eigenvalue weighted by Gasteiger charge is -2.23. The number of amides is 1. The van der Waals surface area contributed by atoms with E-state index in [0.29, 0.717) is 17.9 Å². The van der Waals surface area contributed by atoms with Gasteiger partial charge in [-0.15, -0.1) is 11.3 Å². The summed E-state index contributed by atoms with van der Waals surface area (Å²) in [6.45, 7) is 5.21. The highest BCUT2D eigenvalue weighted by Gasteiger charge is 2.38. The lowest BCUT2D eigenvalue weighted by atomic mass is 9.93. The fraction of sp³-hybridized carbons (Fsp3) is 0.345. The van der Waals surface area contributed by atoms with Crippen molar-refractivity contribution in [2.45, 2.75) is 52.1 Å². The molecule has 1 heterocycles. The molecule has 2 N–H and O–H groups in total. The zero-order chi connectivity index (χ0) is 22.8. The van der Waals surface area contributed by atoms with E-state index in [2.05, 4.69) is 66.9 Å². The number of thiophene rings is 1. The minimum Gasteiger partial charge on any atom is -0.323 e. The van der Waals surface area contributed by atoms with Crippen molar-refractivity contribution in [2.24, 2.45) is 11.8 Å². The van der Waals surface area contributed by atoms with Gasteiger partial charge in [0.15, 0.2) is 0 Å². The molecular weight excluding hydrogens is 424 g/mol. The van der Waals surface area contributed by atoms with Crippen molar-refractivity contribution in [3.63, 3.8) is 0 Å². The van der Waals surface area contributed by atoms with Gasteiger partial charge in [0.25, 0.3) is 0 Å². The summed E-state index contributed by atoms with van der Waals surface area (Å²) in [5, 5.41) is 6.96. The number of aryl methyl sites for hydroxylation is 2. The van der Waals surface area contributed by atoms with E-state index in [1.165, 1.54) is 39.3 Å². The molecule has 1 fully saturated rings. The molecule has 1 amide bonds. The fourth-order valence-electron chi connectivity index (χ4n) is 5.45. The van der Waals surface area contributed by atoms with Crippen molar-refractivity contribution in [3.05, 3.63) is 92.7 Å². The smallest absolute Gasteiger partial charge is 0.248 e. The van der Waals surface area contributed by atoms with Gasteiger partial charge in [-0.3, -0.25) is 4.79 Å². The molecule has 2 aliphatic carbocycles. The third kappa shape index (κ3) is 5.29. The number of hydrogen-bond acceptors (Lipinski definition) is 3. The van der Waals surface area contributed by atoms with Gasteiger partial charge in [-0.1, -0.05) is 35.9 Å². The summed E-state index contributed by atoms with van der Waals surface area (Å²) in [5.74, 6) is 1.29. The van der Waals surface area contributed by atoms with Crippen molar-refractivity contribution in [3.8, 4) is 0 Å². The maximum absolute atomic E-state index is 12.5. The molecule has 0 unspecified atom stereocenters. The monoisotopic (exact) mass is 456 g/mol. The van der Waals surface area contributed by atoms with E-state index in [9.17, 15) is 4.79 Å². The molecule has 1 aromatic heterocycles. The quantitative estimate of drug-likeness (QED) is 0.427. The largest absolute Gasteiger partial charge is 0.323 e. The number of carbonyl (C=O) groups excluding carboxylic acids is 1. The zero-order valence-corrected chi connectivity index (χ0v) is 20.3. The van der Waals surface area contributed by atoms with Gasteiger partial charge in [-0.05, 0) is 98.4 Å². The lowest BCUT2D eigenvalue weighted by Crippen LogP contribution is -2.37. The molecular formula is C29H32N2OS. The first-order chi connectivity index (χ1) is 16.0. The van der Waals surface area contributed by atoms with Crippen LogP contribution in [0.1, 0.15) is 44.8 Å². The predicted octanol–water partition coefficient (Wildman–Crippen LogP) is 6.30. The summed E-state index contributed by atoms with van der Waals surface area (Å²) in [5.41, 5.74) is 6.00. The summed E-state index contributed by atoms with van der Waals surface area (Å²) in [6, 6.07) is 19.7. The van der Waals surface area contributed by atoms with Gasteiger partial charge >= 0.3 is 0 Å². The van der Waals surface area contributed by atoms with Gasteiger partial charge < -0.3 is 10.6 Å². The van der Waals surface area contributed by atoms with E-state index in [1.807, 2.05) is 29.5 Å². The molecule has 3 atom stereocenters. The van der Waals surface area contributed by atoms with Crippen LogP contribution in [0.5, 0.6) is 0 Å². The van der Waals surface area contributed by atoms with Crippen LogP contribution in [-0.4, -0.2) is 11.9 Å². The van der Waals surface area contributed by atoms with Crippen LogP contribution in [0.3, 0.4) is 0 Å². The van der Waals surface area contributed by atoms with Crippen LogP contribution in [0.25, 0.3) is 6.08 Å². The molecule has 5 rings (SSSR count). The minimum absolute atomic E-state index is 0.0866. The van der Waals surface area contributed by atoms with Gasteiger partial charge in [0.2, 0.25) is 5.91 Å². The molecule has 0 radical (unpaired) electrons. The van der Waals surface area contributed by atoms with Gasteiger partial charge in [0, 0.05) is 34.1 Å². The molecule has 0 saturated heterocycles. The highest BCUT2D eigenvalue weighted by Crippen LogP contribution is 2.41. The second kappa shape index (κ2) is 9.66. The van der Waals surface area contributed by atoms with Crippen LogP contribution >= 0.6 is 11.3 Å². The van der Waals surface area contributed by atoms with Crippen LogP contribution in [-0.2, 0) is 24.2 Å². The van der Waals surface area contributed by atoms with E-state index in [4.69, 9.17) is 0 Å². The Bertz CT molecular complexity index is 1160. The average molecular weight is 457 g/mol. The molecule has 33 heavy (non-hydrogen) atoms. The number of carbonyl (C=O) groups is 1. The van der Waals surface area contributed by atoms with Crippen LogP contribution in [0, 0.1) is 25.7 Å². The van der Waals surface area contributed by atoms with Crippen LogP contribution < -0.4 is 10.6 Å². The molecule has 0 aliphatic heterocycles. The molecule has 2 bridgehead atoms. The number of anilines is 1. The lowest BCUT2D eigenvalue weighted by molar-refractivity contribution is -0.111. The molecule has 2 aromatic carbocycles. The molecule has 0 spiro atoms. The summed E-state index contributed by atoms with van der Waals surface area (Å²) in [4.78, 5) is 15.3. The maximum atomic E-state index is 12.5. The van der Waals surface area contributed by atoms with E-state index >= 15 is 0 Å². The number of hydrogen-bond donors (Lipinski definition) is 2. The van der Waals surface area contributed by atoms with Gasteiger partial charge in [-0.2, -0.15) is 0 Å². The normalized spacial score (nSPS) is 21.7. The fourth-order valence-corrected chi connectivity index (χ4v) is 6.29. The molecule has 3 aromatic rings.